The van der Waals surface area contributed by atoms with E-state index in [1.54, 1.807) is 0 Å². The Morgan fingerprint density at radius 1 is 0.920 bits per heavy atom. The van der Waals surface area contributed by atoms with Crippen LogP contribution < -0.4 is 0 Å². The Morgan fingerprint density at radius 3 is 2.08 bits per heavy atom. The average molecular weight is 328 g/mol. The molecular weight excluding hydrogens is 300 g/mol. The van der Waals surface area contributed by atoms with Crippen LogP contribution in [0.4, 0.5) is 0 Å². The lowest BCUT2D eigenvalue weighted by Gasteiger charge is -2.27. The minimum absolute atomic E-state index is 0.730. The molecule has 0 aromatic heterocycles. The molecule has 2 aromatic rings. The molecule has 0 unspecified atom stereocenters. The highest BCUT2D eigenvalue weighted by molar-refractivity contribution is 5.64. The second-order valence-electron chi connectivity index (χ2n) is 7.17. The molecule has 0 aliphatic heterocycles. The van der Waals surface area contributed by atoms with Crippen LogP contribution in [0.15, 0.2) is 60.7 Å². The second-order valence-corrected chi connectivity index (χ2v) is 7.17. The highest BCUT2D eigenvalue weighted by Crippen LogP contribution is 2.37. The van der Waals surface area contributed by atoms with Crippen molar-refractivity contribution in [1.82, 2.24) is 0 Å². The average Bonchev–Trinajstić information content (AvgIpc) is 2.69. The maximum atomic E-state index is 5.43. The molecule has 2 aromatic carbocycles. The van der Waals surface area contributed by atoms with Gasteiger partial charge < -0.3 is 0 Å². The Labute approximate surface area is 153 Å². The lowest BCUT2D eigenvalue weighted by Crippen LogP contribution is -2.11. The number of unbranched alkanes of at least 4 members (excludes halogenated alkanes) is 1. The van der Waals surface area contributed by atoms with Crippen molar-refractivity contribution >= 4 is 0 Å². The Balaban J connectivity index is 1.60. The maximum absolute atomic E-state index is 5.43. The molecule has 1 saturated carbocycles. The summed E-state index contributed by atoms with van der Waals surface area (Å²) in [4.78, 5) is 0. The van der Waals surface area contributed by atoms with Crippen molar-refractivity contribution in [1.29, 1.82) is 0 Å². The predicted molar refractivity (Wildman–Crippen MR) is 109 cm³/mol. The van der Waals surface area contributed by atoms with E-state index in [2.05, 4.69) is 61.4 Å². The van der Waals surface area contributed by atoms with Gasteiger partial charge in [0.05, 0.1) is 0 Å². The van der Waals surface area contributed by atoms with Crippen molar-refractivity contribution in [2.75, 3.05) is 0 Å². The fraction of sp³-hybridized carbons (Fsp3) is 0.360. The van der Waals surface area contributed by atoms with Gasteiger partial charge in [0.2, 0.25) is 0 Å². The Morgan fingerprint density at radius 2 is 1.52 bits per heavy atom. The normalized spacial score (nSPS) is 20.5. The highest BCUT2D eigenvalue weighted by atomic mass is 14.3. The van der Waals surface area contributed by atoms with Gasteiger partial charge in [0, 0.05) is 5.56 Å². The molecule has 0 heterocycles. The molecule has 0 atom stereocenters. The molecule has 0 nitrogen and oxygen atoms in total. The molecule has 0 saturated heterocycles. The summed E-state index contributed by atoms with van der Waals surface area (Å²) in [5.41, 5.74) is 4.93. The van der Waals surface area contributed by atoms with Crippen LogP contribution in [0.5, 0.6) is 0 Å². The summed E-state index contributed by atoms with van der Waals surface area (Å²) in [5, 5.41) is 0. The minimum atomic E-state index is 0.730. The Bertz CT molecular complexity index is 717. The van der Waals surface area contributed by atoms with Gasteiger partial charge in [0.1, 0.15) is 0 Å². The molecule has 1 aliphatic carbocycles. The fourth-order valence-corrected chi connectivity index (χ4v) is 3.81. The van der Waals surface area contributed by atoms with E-state index in [1.165, 1.54) is 55.2 Å². The van der Waals surface area contributed by atoms with Gasteiger partial charge in [-0.2, -0.15) is 0 Å². The first-order valence-electron chi connectivity index (χ1n) is 9.64. The molecule has 1 fully saturated rings. The fourth-order valence-electron chi connectivity index (χ4n) is 3.81. The van der Waals surface area contributed by atoms with E-state index in [4.69, 9.17) is 6.42 Å². The summed E-state index contributed by atoms with van der Waals surface area (Å²) >= 11 is 0. The highest BCUT2D eigenvalue weighted by Gasteiger charge is 2.20. The van der Waals surface area contributed by atoms with Gasteiger partial charge in [-0.3, -0.25) is 0 Å². The van der Waals surface area contributed by atoms with E-state index < -0.39 is 0 Å². The SMILES string of the molecule is C#Cc1ccc(-c2ccc(C3CCC(C=CCCC)CC3)cc2)cc1. The van der Waals surface area contributed by atoms with Crippen LogP contribution in [0, 0.1) is 18.3 Å². The van der Waals surface area contributed by atoms with E-state index in [9.17, 15) is 0 Å². The number of allylic oxidation sites excluding steroid dienone is 2. The third kappa shape index (κ3) is 4.64. The zero-order chi connectivity index (χ0) is 17.5. The molecule has 0 heteroatoms. The minimum Gasteiger partial charge on any atom is -0.115 e. The van der Waals surface area contributed by atoms with Gasteiger partial charge in [-0.1, -0.05) is 67.8 Å². The van der Waals surface area contributed by atoms with E-state index in [0.717, 1.165) is 17.4 Å². The van der Waals surface area contributed by atoms with E-state index >= 15 is 0 Å². The van der Waals surface area contributed by atoms with E-state index in [0.29, 0.717) is 0 Å². The number of hydrogen-bond donors (Lipinski definition) is 0. The smallest absolute Gasteiger partial charge is 0.0243 e. The van der Waals surface area contributed by atoms with Crippen molar-refractivity contribution in [3.63, 3.8) is 0 Å². The summed E-state index contributed by atoms with van der Waals surface area (Å²) in [6.07, 6.45) is 18.1. The predicted octanol–water partition coefficient (Wildman–Crippen LogP) is 6.97. The molecule has 128 valence electrons. The van der Waals surface area contributed by atoms with Crippen LogP contribution in [0.1, 0.15) is 62.5 Å². The van der Waals surface area contributed by atoms with Crippen LogP contribution in [-0.2, 0) is 0 Å². The number of rotatable bonds is 5. The zero-order valence-electron chi connectivity index (χ0n) is 15.2. The number of benzene rings is 2. The lowest BCUT2D eigenvalue weighted by atomic mass is 9.78. The van der Waals surface area contributed by atoms with Gasteiger partial charge in [-0.05, 0) is 72.8 Å². The Hall–Kier alpha value is -2.26. The van der Waals surface area contributed by atoms with Crippen LogP contribution in [-0.4, -0.2) is 0 Å². The van der Waals surface area contributed by atoms with Gasteiger partial charge in [0.15, 0.2) is 0 Å². The van der Waals surface area contributed by atoms with Crippen LogP contribution in [0.25, 0.3) is 11.1 Å². The number of terminal acetylenes is 1. The largest absolute Gasteiger partial charge is 0.115 e. The summed E-state index contributed by atoms with van der Waals surface area (Å²) < 4.78 is 0. The first-order chi connectivity index (χ1) is 12.3. The summed E-state index contributed by atoms with van der Waals surface area (Å²) in [6.45, 7) is 2.24. The number of hydrogen-bond acceptors (Lipinski definition) is 0. The Kier molecular flexibility index (Phi) is 6.13. The van der Waals surface area contributed by atoms with Crippen molar-refractivity contribution in [2.24, 2.45) is 5.92 Å². The molecule has 3 rings (SSSR count). The summed E-state index contributed by atoms with van der Waals surface area (Å²) in [5.74, 6) is 4.21. The summed E-state index contributed by atoms with van der Waals surface area (Å²) in [6, 6.07) is 17.4. The van der Waals surface area contributed by atoms with Gasteiger partial charge >= 0.3 is 0 Å². The lowest BCUT2D eigenvalue weighted by molar-refractivity contribution is 0.375. The molecule has 0 radical (unpaired) electrons. The molecular formula is C25H28. The standard InChI is InChI=1S/C25H28/c1-3-5-6-7-21-10-14-23(15-11-21)25-18-16-24(17-19-25)22-12-8-20(4-2)9-13-22/h2,6-9,12-13,16-19,21,23H,3,5,10-11,14-15H2,1H3. The zero-order valence-corrected chi connectivity index (χ0v) is 15.2. The molecule has 0 amide bonds. The van der Waals surface area contributed by atoms with E-state index in [1.807, 2.05) is 12.1 Å². The third-order valence-electron chi connectivity index (χ3n) is 5.40. The molecule has 1 aliphatic rings. The van der Waals surface area contributed by atoms with Crippen LogP contribution >= 0.6 is 0 Å². The van der Waals surface area contributed by atoms with Gasteiger partial charge in [0.25, 0.3) is 0 Å². The van der Waals surface area contributed by atoms with Crippen molar-refractivity contribution in [3.05, 3.63) is 71.8 Å². The monoisotopic (exact) mass is 328 g/mol. The van der Waals surface area contributed by atoms with Gasteiger partial charge in [-0.15, -0.1) is 6.42 Å². The van der Waals surface area contributed by atoms with Crippen molar-refractivity contribution in [3.8, 4) is 23.5 Å². The third-order valence-corrected chi connectivity index (χ3v) is 5.40. The first kappa shape index (κ1) is 17.6. The molecule has 0 N–H and O–H groups in total. The molecule has 0 spiro atoms. The molecule has 0 bridgehead atoms. The van der Waals surface area contributed by atoms with Crippen molar-refractivity contribution < 1.29 is 0 Å². The molecule has 25 heavy (non-hydrogen) atoms. The first-order valence-corrected chi connectivity index (χ1v) is 9.64. The van der Waals surface area contributed by atoms with Crippen molar-refractivity contribution in [2.45, 2.75) is 51.4 Å². The van der Waals surface area contributed by atoms with Gasteiger partial charge in [-0.25, -0.2) is 0 Å². The summed E-state index contributed by atoms with van der Waals surface area (Å²) in [7, 11) is 0. The quantitative estimate of drug-likeness (QED) is 0.411. The topological polar surface area (TPSA) is 0 Å². The van der Waals surface area contributed by atoms with Crippen LogP contribution in [0.2, 0.25) is 0 Å². The maximum Gasteiger partial charge on any atom is 0.0243 e. The second kappa shape index (κ2) is 8.72. The van der Waals surface area contributed by atoms with E-state index in [-0.39, 0.29) is 0 Å². The van der Waals surface area contributed by atoms with Crippen LogP contribution in [0.3, 0.4) is 0 Å².